The summed E-state index contributed by atoms with van der Waals surface area (Å²) in [5, 5.41) is 7.91. The Labute approximate surface area is 218 Å². The highest BCUT2D eigenvalue weighted by atomic mass is 16.5. The number of hydrogen-bond donors (Lipinski definition) is 1. The molecule has 0 bridgehead atoms. The third kappa shape index (κ3) is 4.90. The first-order valence-electron chi connectivity index (χ1n) is 11.7. The van der Waals surface area contributed by atoms with Gasteiger partial charge in [-0.15, -0.1) is 0 Å². The molecule has 0 aliphatic heterocycles. The fourth-order valence-corrected chi connectivity index (χ4v) is 4.01. The van der Waals surface area contributed by atoms with Gasteiger partial charge >= 0.3 is 0 Å². The molecule has 0 spiro atoms. The van der Waals surface area contributed by atoms with Gasteiger partial charge < -0.3 is 19.5 Å². The summed E-state index contributed by atoms with van der Waals surface area (Å²) in [5.41, 5.74) is 2.05. The van der Waals surface area contributed by atoms with Crippen LogP contribution in [-0.2, 0) is 0 Å². The SMILES string of the molecule is COc1cc2nccc(Oc3cccc(NC(=O)c4nn(-c5ccccc5)c(=O)cc4C)c3)c2cc1OC. The molecule has 0 saturated heterocycles. The summed E-state index contributed by atoms with van der Waals surface area (Å²) in [6.07, 6.45) is 1.64. The minimum atomic E-state index is -0.449. The lowest BCUT2D eigenvalue weighted by atomic mass is 10.1. The van der Waals surface area contributed by atoms with Gasteiger partial charge in [-0.3, -0.25) is 14.6 Å². The lowest BCUT2D eigenvalue weighted by Crippen LogP contribution is -2.26. The van der Waals surface area contributed by atoms with Crippen molar-refractivity contribution in [3.63, 3.8) is 0 Å². The van der Waals surface area contributed by atoms with E-state index in [0.29, 0.717) is 45.5 Å². The second kappa shape index (κ2) is 10.4. The van der Waals surface area contributed by atoms with Gasteiger partial charge in [0.1, 0.15) is 11.5 Å². The van der Waals surface area contributed by atoms with Crippen molar-refractivity contribution in [2.24, 2.45) is 0 Å². The number of fused-ring (bicyclic) bond motifs is 1. The molecule has 0 fully saturated rings. The summed E-state index contributed by atoms with van der Waals surface area (Å²) in [4.78, 5) is 30.0. The maximum absolute atomic E-state index is 13.1. The zero-order valence-corrected chi connectivity index (χ0v) is 21.0. The van der Waals surface area contributed by atoms with Gasteiger partial charge in [-0.2, -0.15) is 9.78 Å². The number of nitrogens with one attached hydrogen (secondary N) is 1. The van der Waals surface area contributed by atoms with Gasteiger partial charge in [0, 0.05) is 35.5 Å². The van der Waals surface area contributed by atoms with Crippen molar-refractivity contribution in [1.82, 2.24) is 14.8 Å². The molecule has 3 aromatic carbocycles. The number of carbonyl (C=O) groups excluding carboxylic acids is 1. The summed E-state index contributed by atoms with van der Waals surface area (Å²) < 4.78 is 18.2. The molecule has 38 heavy (non-hydrogen) atoms. The maximum atomic E-state index is 13.1. The summed E-state index contributed by atoms with van der Waals surface area (Å²) >= 11 is 0. The molecule has 190 valence electrons. The van der Waals surface area contributed by atoms with Gasteiger partial charge in [0.25, 0.3) is 11.5 Å². The number of aryl methyl sites for hydroxylation is 1. The molecule has 0 aliphatic carbocycles. The average Bonchev–Trinajstić information content (AvgIpc) is 2.93. The normalized spacial score (nSPS) is 10.7. The van der Waals surface area contributed by atoms with Crippen molar-refractivity contribution in [3.05, 3.63) is 107 Å². The Hall–Kier alpha value is -5.18. The highest BCUT2D eigenvalue weighted by Crippen LogP contribution is 2.37. The van der Waals surface area contributed by atoms with Gasteiger partial charge in [-0.05, 0) is 48.9 Å². The van der Waals surface area contributed by atoms with Crippen molar-refractivity contribution in [2.75, 3.05) is 19.5 Å². The van der Waals surface area contributed by atoms with Gasteiger partial charge in [0.2, 0.25) is 0 Å². The zero-order chi connectivity index (χ0) is 26.6. The molecule has 0 unspecified atom stereocenters. The summed E-state index contributed by atoms with van der Waals surface area (Å²) in [6, 6.07) is 22.7. The van der Waals surface area contributed by atoms with Crippen LogP contribution in [0.4, 0.5) is 5.69 Å². The van der Waals surface area contributed by atoms with E-state index >= 15 is 0 Å². The van der Waals surface area contributed by atoms with Crippen LogP contribution in [-0.4, -0.2) is 34.9 Å². The van der Waals surface area contributed by atoms with Crippen LogP contribution in [0, 0.1) is 6.92 Å². The maximum Gasteiger partial charge on any atom is 0.276 e. The largest absolute Gasteiger partial charge is 0.493 e. The zero-order valence-electron chi connectivity index (χ0n) is 21.0. The first-order chi connectivity index (χ1) is 18.5. The first kappa shape index (κ1) is 24.5. The fourth-order valence-electron chi connectivity index (χ4n) is 4.01. The van der Waals surface area contributed by atoms with Crippen molar-refractivity contribution in [1.29, 1.82) is 0 Å². The van der Waals surface area contributed by atoms with Crippen LogP contribution in [0.2, 0.25) is 0 Å². The predicted octanol–water partition coefficient (Wildman–Crippen LogP) is 5.15. The smallest absolute Gasteiger partial charge is 0.276 e. The number of nitrogens with zero attached hydrogens (tertiary/aromatic N) is 3. The number of pyridine rings is 1. The molecule has 1 N–H and O–H groups in total. The Morgan fingerprint density at radius 3 is 2.39 bits per heavy atom. The highest BCUT2D eigenvalue weighted by Gasteiger charge is 2.16. The van der Waals surface area contributed by atoms with E-state index in [1.54, 1.807) is 94.1 Å². The third-order valence-electron chi connectivity index (χ3n) is 5.86. The molecular weight excluding hydrogens is 484 g/mol. The Kier molecular flexibility index (Phi) is 6.73. The van der Waals surface area contributed by atoms with Crippen molar-refractivity contribution < 1.29 is 19.0 Å². The van der Waals surface area contributed by atoms with Crippen LogP contribution in [0.25, 0.3) is 16.6 Å². The molecule has 0 radical (unpaired) electrons. The van der Waals surface area contributed by atoms with Gasteiger partial charge in [0.05, 0.1) is 25.4 Å². The van der Waals surface area contributed by atoms with E-state index in [1.165, 1.54) is 10.7 Å². The lowest BCUT2D eigenvalue weighted by molar-refractivity contribution is 0.102. The third-order valence-corrected chi connectivity index (χ3v) is 5.86. The molecule has 5 rings (SSSR count). The van der Waals surface area contributed by atoms with Crippen LogP contribution >= 0.6 is 0 Å². The predicted molar refractivity (Wildman–Crippen MR) is 144 cm³/mol. The second-order valence-corrected chi connectivity index (χ2v) is 8.38. The molecule has 5 aromatic rings. The quantitative estimate of drug-likeness (QED) is 0.324. The van der Waals surface area contributed by atoms with E-state index in [9.17, 15) is 9.59 Å². The minimum absolute atomic E-state index is 0.140. The molecule has 9 nitrogen and oxygen atoms in total. The van der Waals surface area contributed by atoms with Gasteiger partial charge in [0.15, 0.2) is 17.2 Å². The Bertz CT molecular complexity index is 1700. The van der Waals surface area contributed by atoms with E-state index < -0.39 is 5.91 Å². The van der Waals surface area contributed by atoms with Crippen LogP contribution in [0.5, 0.6) is 23.0 Å². The number of ether oxygens (including phenoxy) is 3. The number of amides is 1. The highest BCUT2D eigenvalue weighted by molar-refractivity contribution is 6.03. The van der Waals surface area contributed by atoms with Gasteiger partial charge in [-0.1, -0.05) is 24.3 Å². The van der Waals surface area contributed by atoms with Crippen molar-refractivity contribution in [3.8, 4) is 28.7 Å². The van der Waals surface area contributed by atoms with Crippen LogP contribution < -0.4 is 25.1 Å². The van der Waals surface area contributed by atoms with Crippen molar-refractivity contribution in [2.45, 2.75) is 6.92 Å². The molecular formula is C29H24N4O5. The number of carbonyl (C=O) groups is 1. The minimum Gasteiger partial charge on any atom is -0.493 e. The topological polar surface area (TPSA) is 105 Å². The van der Waals surface area contributed by atoms with Crippen LogP contribution in [0.15, 0.2) is 89.9 Å². The molecule has 0 saturated carbocycles. The number of anilines is 1. The van der Waals surface area contributed by atoms with E-state index in [2.05, 4.69) is 15.4 Å². The summed E-state index contributed by atoms with van der Waals surface area (Å²) in [5.74, 6) is 1.74. The number of benzene rings is 3. The van der Waals surface area contributed by atoms with E-state index in [1.807, 2.05) is 6.07 Å². The number of hydrogen-bond acceptors (Lipinski definition) is 7. The number of para-hydroxylation sites is 1. The number of aromatic nitrogens is 3. The molecule has 1 amide bonds. The summed E-state index contributed by atoms with van der Waals surface area (Å²) in [6.45, 7) is 1.68. The van der Waals surface area contributed by atoms with E-state index in [4.69, 9.17) is 14.2 Å². The van der Waals surface area contributed by atoms with Crippen molar-refractivity contribution >= 4 is 22.5 Å². The Balaban J connectivity index is 1.42. The fraction of sp³-hybridized carbons (Fsp3) is 0.103. The number of rotatable bonds is 7. The second-order valence-electron chi connectivity index (χ2n) is 8.38. The van der Waals surface area contributed by atoms with E-state index in [-0.39, 0.29) is 11.3 Å². The first-order valence-corrected chi connectivity index (χ1v) is 11.7. The number of methoxy groups -OCH3 is 2. The molecule has 2 heterocycles. The van der Waals surface area contributed by atoms with Gasteiger partial charge in [-0.25, -0.2) is 0 Å². The standard InChI is InChI=1S/C29H24N4O5/c1-18-14-27(34)33(20-9-5-4-6-10-20)32-28(18)29(35)31-19-8-7-11-21(15-19)38-24-12-13-30-23-17-26(37-3)25(36-2)16-22(23)24/h4-17H,1-3H3,(H,31,35). The lowest BCUT2D eigenvalue weighted by Gasteiger charge is -2.13. The van der Waals surface area contributed by atoms with E-state index in [0.717, 1.165) is 5.39 Å². The molecule has 9 heteroatoms. The average molecular weight is 509 g/mol. The molecule has 2 aromatic heterocycles. The molecule has 0 atom stereocenters. The Morgan fingerprint density at radius 2 is 1.63 bits per heavy atom. The van der Waals surface area contributed by atoms with Crippen LogP contribution in [0.1, 0.15) is 16.1 Å². The summed E-state index contributed by atoms with van der Waals surface area (Å²) in [7, 11) is 3.13. The monoisotopic (exact) mass is 508 g/mol. The van der Waals surface area contributed by atoms with Crippen LogP contribution in [0.3, 0.4) is 0 Å². The Morgan fingerprint density at radius 1 is 0.868 bits per heavy atom. The molecule has 0 aliphatic rings.